The summed E-state index contributed by atoms with van der Waals surface area (Å²) < 4.78 is 6.97. The average Bonchev–Trinajstić information content (AvgIpc) is 2.42. The summed E-state index contributed by atoms with van der Waals surface area (Å²) in [5.74, 6) is 1.35. The van der Waals surface area contributed by atoms with Gasteiger partial charge in [0.05, 0.1) is 12.6 Å². The summed E-state index contributed by atoms with van der Waals surface area (Å²) in [5.41, 5.74) is 1.37. The number of halogens is 1. The minimum atomic E-state index is 0.309. The van der Waals surface area contributed by atoms with Gasteiger partial charge in [-0.25, -0.2) is 0 Å². The molecule has 4 heteroatoms. The Bertz CT molecular complexity index is 392. The topological polar surface area (TPSA) is 29.5 Å². The fourth-order valence-electron chi connectivity index (χ4n) is 2.96. The zero-order chi connectivity index (χ0) is 14.7. The minimum Gasteiger partial charge on any atom is -0.378 e. The Hall–Kier alpha value is -0.350. The maximum atomic E-state index is 12.4. The van der Waals surface area contributed by atoms with E-state index in [-0.39, 0.29) is 0 Å². The van der Waals surface area contributed by atoms with E-state index in [4.69, 9.17) is 4.74 Å². The number of carbonyl (C=O) groups excluding carboxylic acids is 1. The van der Waals surface area contributed by atoms with E-state index in [1.807, 2.05) is 4.90 Å². The molecule has 0 N–H and O–H groups in total. The molecule has 0 unspecified atom stereocenters. The predicted octanol–water partition coefficient (Wildman–Crippen LogP) is 3.73. The maximum Gasteiger partial charge on any atom is 0.223 e. The summed E-state index contributed by atoms with van der Waals surface area (Å²) in [6.45, 7) is 8.97. The molecule has 3 nitrogen and oxygen atoms in total. The highest BCUT2D eigenvalue weighted by Gasteiger charge is 2.28. The molecule has 0 aromatic heterocycles. The highest BCUT2D eigenvalue weighted by Crippen LogP contribution is 2.29. The summed E-state index contributed by atoms with van der Waals surface area (Å²) in [6, 6.07) is 0. The molecule has 0 aromatic carbocycles. The van der Waals surface area contributed by atoms with E-state index in [2.05, 4.69) is 36.7 Å². The van der Waals surface area contributed by atoms with Crippen LogP contribution < -0.4 is 0 Å². The van der Waals surface area contributed by atoms with Gasteiger partial charge in [0.2, 0.25) is 5.91 Å². The number of amides is 1. The molecule has 0 aromatic rings. The third-order valence-electron chi connectivity index (χ3n) is 4.53. The molecule has 20 heavy (non-hydrogen) atoms. The van der Waals surface area contributed by atoms with Crippen molar-refractivity contribution in [2.75, 3.05) is 19.7 Å². The lowest BCUT2D eigenvalue weighted by Gasteiger charge is -2.34. The third kappa shape index (κ3) is 4.08. The maximum absolute atomic E-state index is 12.4. The van der Waals surface area contributed by atoms with Crippen molar-refractivity contribution in [3.05, 3.63) is 10.1 Å². The van der Waals surface area contributed by atoms with Gasteiger partial charge in [-0.1, -0.05) is 35.4 Å². The van der Waals surface area contributed by atoms with E-state index in [0.29, 0.717) is 30.3 Å². The SMILES string of the molecule is CC1=C(Br)CN(C(=O)C[C@@H]2CCO[C@H](C(C)C)C2)CC1. The van der Waals surface area contributed by atoms with E-state index in [1.165, 1.54) is 10.1 Å². The van der Waals surface area contributed by atoms with Crippen LogP contribution >= 0.6 is 15.9 Å². The number of nitrogens with zero attached hydrogens (tertiary/aromatic N) is 1. The number of carbonyl (C=O) groups is 1. The van der Waals surface area contributed by atoms with E-state index < -0.39 is 0 Å². The van der Waals surface area contributed by atoms with Crippen molar-refractivity contribution in [2.45, 2.75) is 52.6 Å². The quantitative estimate of drug-likeness (QED) is 0.781. The van der Waals surface area contributed by atoms with Crippen molar-refractivity contribution in [1.29, 1.82) is 0 Å². The molecule has 0 bridgehead atoms. The van der Waals surface area contributed by atoms with Crippen LogP contribution in [0.25, 0.3) is 0 Å². The van der Waals surface area contributed by atoms with Gasteiger partial charge in [-0.15, -0.1) is 0 Å². The molecular weight excluding hydrogens is 318 g/mol. The van der Waals surface area contributed by atoms with Gasteiger partial charge in [0.1, 0.15) is 0 Å². The molecule has 114 valence electrons. The molecular formula is C16H26BrNO2. The Balaban J connectivity index is 1.85. The normalized spacial score (nSPS) is 28.1. The predicted molar refractivity (Wildman–Crippen MR) is 84.7 cm³/mol. The van der Waals surface area contributed by atoms with Gasteiger partial charge in [0.25, 0.3) is 0 Å². The molecule has 2 aliphatic heterocycles. The summed E-state index contributed by atoms with van der Waals surface area (Å²) in [5, 5.41) is 0. The largest absolute Gasteiger partial charge is 0.378 e. The van der Waals surface area contributed by atoms with E-state index in [1.54, 1.807) is 0 Å². The van der Waals surface area contributed by atoms with Crippen molar-refractivity contribution in [3.8, 4) is 0 Å². The van der Waals surface area contributed by atoms with E-state index in [0.717, 1.165) is 39.0 Å². The van der Waals surface area contributed by atoms with Crippen LogP contribution in [-0.4, -0.2) is 36.6 Å². The Morgan fingerprint density at radius 1 is 1.50 bits per heavy atom. The van der Waals surface area contributed by atoms with Gasteiger partial charge in [-0.05, 0) is 38.0 Å². The van der Waals surface area contributed by atoms with Gasteiger partial charge >= 0.3 is 0 Å². The molecule has 1 saturated heterocycles. The lowest BCUT2D eigenvalue weighted by atomic mass is 9.87. The van der Waals surface area contributed by atoms with Gasteiger partial charge in [0.15, 0.2) is 0 Å². The average molecular weight is 344 g/mol. The number of hydrogen-bond acceptors (Lipinski definition) is 2. The molecule has 0 radical (unpaired) electrons. The molecule has 1 amide bonds. The molecule has 2 rings (SSSR count). The minimum absolute atomic E-state index is 0.309. The van der Waals surface area contributed by atoms with Crippen molar-refractivity contribution in [3.63, 3.8) is 0 Å². The Kier molecular flexibility index (Phi) is 5.67. The Morgan fingerprint density at radius 3 is 2.90 bits per heavy atom. The van der Waals surface area contributed by atoms with Crippen LogP contribution in [0.1, 0.15) is 46.5 Å². The van der Waals surface area contributed by atoms with Gasteiger partial charge in [-0.2, -0.15) is 0 Å². The second kappa shape index (κ2) is 7.08. The van der Waals surface area contributed by atoms with Crippen LogP contribution in [0.15, 0.2) is 10.1 Å². The smallest absolute Gasteiger partial charge is 0.223 e. The van der Waals surface area contributed by atoms with Crippen molar-refractivity contribution in [2.24, 2.45) is 11.8 Å². The fraction of sp³-hybridized carbons (Fsp3) is 0.812. The lowest BCUT2D eigenvalue weighted by Crippen LogP contribution is -2.38. The molecule has 0 aliphatic carbocycles. The fourth-order valence-corrected chi connectivity index (χ4v) is 3.46. The first-order valence-corrected chi connectivity index (χ1v) is 8.50. The van der Waals surface area contributed by atoms with E-state index >= 15 is 0 Å². The Labute approximate surface area is 130 Å². The second-order valence-corrected chi connectivity index (χ2v) is 7.46. The third-order valence-corrected chi connectivity index (χ3v) is 5.46. The number of ether oxygens (including phenoxy) is 1. The van der Waals surface area contributed by atoms with Crippen molar-refractivity contribution in [1.82, 2.24) is 4.90 Å². The molecule has 0 spiro atoms. The molecule has 1 fully saturated rings. The van der Waals surface area contributed by atoms with Gasteiger partial charge in [-0.3, -0.25) is 4.79 Å². The summed E-state index contributed by atoms with van der Waals surface area (Å²) in [7, 11) is 0. The summed E-state index contributed by atoms with van der Waals surface area (Å²) in [4.78, 5) is 14.4. The van der Waals surface area contributed by atoms with Crippen LogP contribution in [0.4, 0.5) is 0 Å². The van der Waals surface area contributed by atoms with Crippen LogP contribution in [0.2, 0.25) is 0 Å². The monoisotopic (exact) mass is 343 g/mol. The highest BCUT2D eigenvalue weighted by molar-refractivity contribution is 9.11. The number of rotatable bonds is 3. The van der Waals surface area contributed by atoms with Crippen LogP contribution in [0, 0.1) is 11.8 Å². The molecule has 0 saturated carbocycles. The highest BCUT2D eigenvalue weighted by atomic mass is 79.9. The second-order valence-electron chi connectivity index (χ2n) is 6.50. The standard InChI is InChI=1S/C16H26BrNO2/c1-11(2)15-8-13(5-7-20-15)9-16(19)18-6-4-12(3)14(17)10-18/h11,13,15H,4-10H2,1-3H3/t13-,15+/m1/s1. The van der Waals surface area contributed by atoms with Crippen LogP contribution in [0.3, 0.4) is 0 Å². The zero-order valence-electron chi connectivity index (χ0n) is 12.8. The molecule has 2 aliphatic rings. The summed E-state index contributed by atoms with van der Waals surface area (Å²) >= 11 is 3.58. The number of hydrogen-bond donors (Lipinski definition) is 0. The first-order chi connectivity index (χ1) is 9.47. The van der Waals surface area contributed by atoms with Crippen LogP contribution in [0.5, 0.6) is 0 Å². The van der Waals surface area contributed by atoms with Crippen molar-refractivity contribution >= 4 is 21.8 Å². The molecule has 2 heterocycles. The first-order valence-electron chi connectivity index (χ1n) is 7.71. The Morgan fingerprint density at radius 2 is 2.25 bits per heavy atom. The van der Waals surface area contributed by atoms with Gasteiger partial charge < -0.3 is 9.64 Å². The van der Waals surface area contributed by atoms with Crippen molar-refractivity contribution < 1.29 is 9.53 Å². The molecule has 2 atom stereocenters. The zero-order valence-corrected chi connectivity index (χ0v) is 14.4. The lowest BCUT2D eigenvalue weighted by molar-refractivity contribution is -0.133. The summed E-state index contributed by atoms with van der Waals surface area (Å²) in [6.07, 6.45) is 4.07. The first kappa shape index (κ1) is 16.0. The van der Waals surface area contributed by atoms with Gasteiger partial charge in [0, 0.05) is 24.1 Å². The van der Waals surface area contributed by atoms with Crippen LogP contribution in [-0.2, 0) is 9.53 Å². The van der Waals surface area contributed by atoms with E-state index in [9.17, 15) is 4.79 Å².